The van der Waals surface area contributed by atoms with Crippen molar-refractivity contribution < 1.29 is 84.3 Å². The van der Waals surface area contributed by atoms with Crippen LogP contribution in [0.15, 0.2) is 200 Å². The SMILES string of the molecule is CO[C@@H]1[C@@H](n2cc(-c3ccc(Br)c(F)c3F)nn2)[C@@H](O)[C@@H](CO)O[C@H]1c1nc(C)nn1-c1ccc2ncsc2c1.CO[C@@H]1[C@@H](n2cc(-c3ccc(Br)c(F)c3F)nn2)[C@H]2O[C@@H](c3ccccc3)OC[C@H]2O[C@H]1c1nc(C)nn1-c1ccc2ncsc2c1.Cc1nc([C@@H]2O[C@@H]3CO[C@H](c4ccccc4)O[C@@H]3[C@H](n3cc(-c4ccc(Br)c(F)c4F)nn3)[C@H]2O)n(-c2ccc3ncsc3c2)n1. The van der Waals surface area contributed by atoms with Crippen LogP contribution in [0.1, 0.15) is 95.1 Å². The summed E-state index contributed by atoms with van der Waals surface area (Å²) in [6, 6.07) is 42.2. The monoisotopic (exact) mass is 2060 g/mol. The first-order valence-electron chi connectivity index (χ1n) is 41.2. The molecule has 682 valence electrons. The Morgan fingerprint density at radius 3 is 1.18 bits per heavy atom. The van der Waals surface area contributed by atoms with Gasteiger partial charge in [0.1, 0.15) is 126 Å². The standard InChI is InChI=1S/C32H26BrF2N7O4S.C31H24BrF2N7O4S.C25H22BrF2N7O4S/c1-16-37-31(42(39-16)18-8-11-21-24(12-18)47-15-36-21)30-29(43-2)27(28-23(45-30)14-44-32(46-28)17-6-4-3-5-7-17)41-13-22(38-40-41)19-9-10-20(33)26(35)25(19)34;1-15-36-30(41(38-15)17-7-10-20-23(11-17)46-14-35-20)29-27(42)26(28-22(44-29)13-43-31(45-28)16-5-3-2-4-6-16)40-12-21(37-39-40)18-8-9-19(32)25(34)24(18)33;1-11-30-25(35(32-11)12-3-6-15-18(7-12)40-10-29-15)24-23(38-2)21(22(37)17(9-36)39-24)34-8-16(31-33-34)13-4-5-14(26)20(28)19(13)27/h3-13,15,23,27-30,32H,14H2,1-2H3;2-12,14,22,26-29,31,42H,13H2,1H3;3-8,10,17,21-24,36-37H,9H2,1-2H3/t23-,27+,28+,29-,30-,32+;22-,26-,27-,28+,29-,31+;17-,21+,22+,23-,24-/m111/s1. The van der Waals surface area contributed by atoms with Gasteiger partial charge >= 0.3 is 0 Å². The van der Waals surface area contributed by atoms with Crippen LogP contribution in [0.4, 0.5) is 26.3 Å². The van der Waals surface area contributed by atoms with Crippen molar-refractivity contribution in [1.29, 1.82) is 0 Å². The van der Waals surface area contributed by atoms with E-state index in [0.29, 0.717) is 40.6 Å². The molecule has 9 aromatic heterocycles. The predicted octanol–water partition coefficient (Wildman–Crippen LogP) is 15.5. The van der Waals surface area contributed by atoms with E-state index >= 15 is 4.39 Å². The van der Waals surface area contributed by atoms with Gasteiger partial charge in [0.25, 0.3) is 0 Å². The first kappa shape index (κ1) is 89.7. The molecule has 8 aromatic carbocycles. The van der Waals surface area contributed by atoms with E-state index in [1.165, 1.54) is 99.3 Å². The number of fused-ring (bicyclic) bond motifs is 5. The number of methoxy groups -OCH3 is 2. The van der Waals surface area contributed by atoms with Crippen LogP contribution in [0.3, 0.4) is 0 Å². The third kappa shape index (κ3) is 17.1. The van der Waals surface area contributed by atoms with Gasteiger partial charge in [-0.05, 0) is 160 Å². The Labute approximate surface area is 786 Å². The summed E-state index contributed by atoms with van der Waals surface area (Å²) in [5.41, 5.74) is 11.8. The molecule has 0 saturated carbocycles. The molecule has 5 aliphatic heterocycles. The van der Waals surface area contributed by atoms with Crippen LogP contribution in [-0.4, -0.2) is 209 Å². The molecule has 17 aromatic rings. The second kappa shape index (κ2) is 37.6. The molecule has 0 aliphatic carbocycles. The molecule has 33 nitrogen and oxygen atoms in total. The van der Waals surface area contributed by atoms with Gasteiger partial charge in [-0.15, -0.1) is 49.3 Å². The van der Waals surface area contributed by atoms with E-state index in [1.54, 1.807) is 62.4 Å². The second-order valence-electron chi connectivity index (χ2n) is 31.4. The zero-order valence-corrected chi connectivity index (χ0v) is 77.1. The Bertz CT molecular complexity index is 7140. The topological polar surface area (TPSA) is 367 Å². The van der Waals surface area contributed by atoms with E-state index in [-0.39, 0.29) is 60.4 Å². The molecule has 0 bridgehead atoms. The lowest BCUT2D eigenvalue weighted by Gasteiger charge is -2.48. The Kier molecular flexibility index (Phi) is 25.3. The average Bonchev–Trinajstić information content (AvgIpc) is 1.72. The van der Waals surface area contributed by atoms with E-state index in [2.05, 4.69) is 114 Å². The number of rotatable bonds is 17. The third-order valence-corrected chi connectivity index (χ3v) is 27.5. The molecule has 0 spiro atoms. The molecular formula is C88H72Br3F6N21O12S3. The zero-order valence-electron chi connectivity index (χ0n) is 69.9. The first-order valence-corrected chi connectivity index (χ1v) is 46.2. The van der Waals surface area contributed by atoms with Gasteiger partial charge in [-0.2, -0.15) is 15.3 Å². The molecule has 17 atom stereocenters. The molecule has 0 radical (unpaired) electrons. The predicted molar refractivity (Wildman–Crippen MR) is 478 cm³/mol. The lowest BCUT2D eigenvalue weighted by molar-refractivity contribution is -0.321. The fraction of sp³-hybridized carbons (Fsp3) is 0.284. The van der Waals surface area contributed by atoms with Gasteiger partial charge in [0.05, 0.1) is 116 Å². The fourth-order valence-corrected chi connectivity index (χ4v) is 20.1. The molecule has 22 rings (SSSR count). The van der Waals surface area contributed by atoms with Crippen LogP contribution in [0.25, 0.3) is 81.5 Å². The molecular weight excluding hydrogens is 1990 g/mol. The number of nitrogens with zero attached hydrogens (tertiary/aromatic N) is 21. The smallest absolute Gasteiger partial charge is 0.184 e. The quantitative estimate of drug-likeness (QED) is 0.0563. The molecule has 0 amide bonds. The largest absolute Gasteiger partial charge is 0.394 e. The minimum absolute atomic E-state index is 0.0110. The van der Waals surface area contributed by atoms with Gasteiger partial charge in [0.15, 0.2) is 65.0 Å². The number of benzene rings is 8. The van der Waals surface area contributed by atoms with Gasteiger partial charge in [0, 0.05) is 42.0 Å². The fourth-order valence-electron chi connectivity index (χ4n) is 17.1. The van der Waals surface area contributed by atoms with Gasteiger partial charge in [-0.3, -0.25) is 0 Å². The molecule has 5 aliphatic rings. The van der Waals surface area contributed by atoms with Crippen molar-refractivity contribution in [3.05, 3.63) is 281 Å². The van der Waals surface area contributed by atoms with E-state index in [9.17, 15) is 37.3 Å². The van der Waals surface area contributed by atoms with Crippen molar-refractivity contribution in [2.24, 2.45) is 0 Å². The van der Waals surface area contributed by atoms with Crippen LogP contribution in [0, 0.1) is 55.7 Å². The van der Waals surface area contributed by atoms with E-state index in [1.807, 2.05) is 122 Å². The van der Waals surface area contributed by atoms with Crippen LogP contribution in [0.2, 0.25) is 0 Å². The number of hydrogen-bond donors (Lipinski definition) is 3. The maximum absolute atomic E-state index is 15.0. The van der Waals surface area contributed by atoms with E-state index < -0.39 is 145 Å². The summed E-state index contributed by atoms with van der Waals surface area (Å²) in [7, 11) is 3.01. The van der Waals surface area contributed by atoms with Crippen molar-refractivity contribution in [3.8, 4) is 50.8 Å². The van der Waals surface area contributed by atoms with Crippen molar-refractivity contribution in [2.75, 3.05) is 34.0 Å². The second-order valence-corrected chi connectivity index (χ2v) is 36.6. The van der Waals surface area contributed by atoms with Gasteiger partial charge in [0.2, 0.25) is 0 Å². The highest BCUT2D eigenvalue weighted by Gasteiger charge is 2.56. The highest BCUT2D eigenvalue weighted by Crippen LogP contribution is 2.49. The van der Waals surface area contributed by atoms with Gasteiger partial charge < -0.3 is 58.0 Å². The van der Waals surface area contributed by atoms with Crippen LogP contribution < -0.4 is 0 Å². The normalized spacial score (nSPS) is 24.2. The summed E-state index contributed by atoms with van der Waals surface area (Å²) >= 11 is 13.5. The molecule has 3 N–H and O–H groups in total. The molecule has 0 unspecified atom stereocenters. The van der Waals surface area contributed by atoms with Crippen LogP contribution in [-0.2, 0) is 42.6 Å². The lowest BCUT2D eigenvalue weighted by atomic mass is 9.91. The van der Waals surface area contributed by atoms with E-state index in [4.69, 9.17) is 52.7 Å². The van der Waals surface area contributed by atoms with Crippen molar-refractivity contribution in [1.82, 2.24) is 104 Å². The summed E-state index contributed by atoms with van der Waals surface area (Å²) in [6.45, 7) is 5.12. The highest BCUT2D eigenvalue weighted by molar-refractivity contribution is 9.11. The van der Waals surface area contributed by atoms with Gasteiger partial charge in [-0.1, -0.05) is 76.3 Å². The molecule has 5 fully saturated rings. The molecule has 45 heteroatoms. The number of halogens is 9. The van der Waals surface area contributed by atoms with E-state index in [0.717, 1.165) is 53.2 Å². The number of aromatic nitrogens is 21. The minimum Gasteiger partial charge on any atom is -0.394 e. The molecule has 133 heavy (non-hydrogen) atoms. The highest BCUT2D eigenvalue weighted by atomic mass is 79.9. The summed E-state index contributed by atoms with van der Waals surface area (Å²) < 4.78 is 157. The number of thiazole rings is 3. The summed E-state index contributed by atoms with van der Waals surface area (Å²) in [5.74, 6) is -3.57. The third-order valence-electron chi connectivity index (χ3n) is 23.3. The lowest BCUT2D eigenvalue weighted by Crippen LogP contribution is -2.57. The Morgan fingerprint density at radius 2 is 0.782 bits per heavy atom. The Morgan fingerprint density at radius 1 is 0.421 bits per heavy atom. The van der Waals surface area contributed by atoms with Gasteiger partial charge in [-0.25, -0.2) is 84.3 Å². The summed E-state index contributed by atoms with van der Waals surface area (Å²) in [6.07, 6.45) is -7.61. The number of ether oxygens (including phenoxy) is 9. The van der Waals surface area contributed by atoms with Crippen molar-refractivity contribution in [2.45, 2.75) is 125 Å². The van der Waals surface area contributed by atoms with Crippen LogP contribution in [0.5, 0.6) is 0 Å². The number of aliphatic hydroxyl groups excluding tert-OH is 3. The van der Waals surface area contributed by atoms with Crippen molar-refractivity contribution in [3.63, 3.8) is 0 Å². The first-order chi connectivity index (χ1) is 64.5. The zero-order chi connectivity index (χ0) is 91.9. The number of aryl methyl sites for hydroxylation is 3. The molecule has 14 heterocycles. The number of aliphatic hydroxyl groups is 3. The summed E-state index contributed by atoms with van der Waals surface area (Å²) in [5, 5.41) is 72.5. The maximum atomic E-state index is 15.0. The van der Waals surface area contributed by atoms with Crippen molar-refractivity contribution >= 4 is 112 Å². The average molecular weight is 2070 g/mol. The Balaban J connectivity index is 0.000000125. The number of hydrogen-bond acceptors (Lipinski definition) is 30. The minimum atomic E-state index is -1.29. The summed E-state index contributed by atoms with van der Waals surface area (Å²) in [4.78, 5) is 27.1. The molecule has 5 saturated heterocycles. The van der Waals surface area contributed by atoms with Crippen LogP contribution >= 0.6 is 81.8 Å². The maximum Gasteiger partial charge on any atom is 0.184 e. The Hall–Kier alpha value is -11.2.